The molecule has 14 heavy (non-hydrogen) atoms. The van der Waals surface area contributed by atoms with Crippen molar-refractivity contribution in [3.63, 3.8) is 0 Å². The third kappa shape index (κ3) is 1.44. The van der Waals surface area contributed by atoms with Gasteiger partial charge in [-0.25, -0.2) is 0 Å². The molecule has 0 radical (unpaired) electrons. The Kier molecular flexibility index (Phi) is 2.52. The Morgan fingerprint density at radius 1 is 1.50 bits per heavy atom. The number of ether oxygens (including phenoxy) is 1. The second kappa shape index (κ2) is 3.54. The molecule has 0 aromatic rings. The fraction of sp³-hybridized carbons (Fsp3) is 0.909. The molecule has 0 amide bonds. The molecule has 3 heteroatoms. The fourth-order valence-electron chi connectivity index (χ4n) is 3.04. The first-order valence-corrected chi connectivity index (χ1v) is 5.46. The van der Waals surface area contributed by atoms with E-state index in [4.69, 9.17) is 4.74 Å². The Morgan fingerprint density at radius 3 is 2.71 bits per heavy atom. The number of hydrogen-bond acceptors (Lipinski definition) is 2. The first-order valence-electron chi connectivity index (χ1n) is 5.46. The molecule has 1 aliphatic carbocycles. The topological polar surface area (TPSA) is 46.5 Å². The van der Waals surface area contributed by atoms with Gasteiger partial charge in [-0.2, -0.15) is 0 Å². The van der Waals surface area contributed by atoms with Crippen LogP contribution in [0.4, 0.5) is 0 Å². The first kappa shape index (κ1) is 9.97. The number of hydrogen-bond donors (Lipinski definition) is 1. The van der Waals surface area contributed by atoms with Crippen molar-refractivity contribution in [2.45, 2.75) is 32.6 Å². The molecule has 1 aliphatic heterocycles. The lowest BCUT2D eigenvalue weighted by atomic mass is 9.73. The number of carbonyl (C=O) groups is 1. The van der Waals surface area contributed by atoms with Crippen LogP contribution < -0.4 is 0 Å². The zero-order chi connectivity index (χ0) is 10.2. The monoisotopic (exact) mass is 198 g/mol. The third-order valence-electron chi connectivity index (χ3n) is 3.93. The summed E-state index contributed by atoms with van der Waals surface area (Å²) in [5.41, 5.74) is -0.462. The van der Waals surface area contributed by atoms with E-state index in [1.807, 2.05) is 0 Å². The maximum Gasteiger partial charge on any atom is 0.310 e. The molecule has 80 valence electrons. The highest BCUT2D eigenvalue weighted by molar-refractivity contribution is 5.75. The van der Waals surface area contributed by atoms with Crippen molar-refractivity contribution in [1.29, 1.82) is 0 Å². The van der Waals surface area contributed by atoms with Crippen LogP contribution in [0.3, 0.4) is 0 Å². The average molecular weight is 198 g/mol. The Bertz CT molecular complexity index is 233. The molecule has 2 aliphatic rings. The van der Waals surface area contributed by atoms with Crippen LogP contribution in [0.5, 0.6) is 0 Å². The minimum absolute atomic E-state index is 0.255. The molecule has 1 saturated carbocycles. The van der Waals surface area contributed by atoms with E-state index in [-0.39, 0.29) is 5.92 Å². The molecule has 3 nitrogen and oxygen atoms in total. The van der Waals surface area contributed by atoms with Crippen molar-refractivity contribution in [2.24, 2.45) is 17.3 Å². The van der Waals surface area contributed by atoms with Crippen molar-refractivity contribution in [3.05, 3.63) is 0 Å². The van der Waals surface area contributed by atoms with E-state index >= 15 is 0 Å². The van der Waals surface area contributed by atoms with Crippen molar-refractivity contribution < 1.29 is 14.6 Å². The van der Waals surface area contributed by atoms with Gasteiger partial charge in [0.25, 0.3) is 0 Å². The highest BCUT2D eigenvalue weighted by Gasteiger charge is 2.50. The van der Waals surface area contributed by atoms with Gasteiger partial charge < -0.3 is 9.84 Å². The van der Waals surface area contributed by atoms with Crippen molar-refractivity contribution in [1.82, 2.24) is 0 Å². The largest absolute Gasteiger partial charge is 0.481 e. The lowest BCUT2D eigenvalue weighted by Gasteiger charge is -2.29. The summed E-state index contributed by atoms with van der Waals surface area (Å²) < 4.78 is 5.32. The molecule has 0 aromatic heterocycles. The average Bonchev–Trinajstić information content (AvgIpc) is 2.71. The molecular weight excluding hydrogens is 180 g/mol. The van der Waals surface area contributed by atoms with Gasteiger partial charge in [-0.3, -0.25) is 4.79 Å². The van der Waals surface area contributed by atoms with Gasteiger partial charge in [0.1, 0.15) is 0 Å². The summed E-state index contributed by atoms with van der Waals surface area (Å²) in [6.45, 7) is 3.55. The molecule has 1 saturated heterocycles. The highest BCUT2D eigenvalue weighted by Crippen LogP contribution is 2.49. The second-order valence-corrected chi connectivity index (χ2v) is 4.87. The SMILES string of the molecule is CC1CCC(C(=O)O)(C2CCOC2)C1. The van der Waals surface area contributed by atoms with Crippen molar-refractivity contribution in [3.8, 4) is 0 Å². The van der Waals surface area contributed by atoms with E-state index in [9.17, 15) is 9.90 Å². The summed E-state index contributed by atoms with van der Waals surface area (Å²) in [5.74, 6) is 0.217. The Morgan fingerprint density at radius 2 is 2.29 bits per heavy atom. The van der Waals surface area contributed by atoms with E-state index in [0.29, 0.717) is 12.5 Å². The summed E-state index contributed by atoms with van der Waals surface area (Å²) in [6.07, 6.45) is 3.68. The van der Waals surface area contributed by atoms with E-state index in [1.165, 1.54) is 0 Å². The van der Waals surface area contributed by atoms with Crippen LogP contribution in [-0.4, -0.2) is 24.3 Å². The fourth-order valence-corrected chi connectivity index (χ4v) is 3.04. The van der Waals surface area contributed by atoms with Crippen LogP contribution in [-0.2, 0) is 9.53 Å². The van der Waals surface area contributed by atoms with Gasteiger partial charge in [0.2, 0.25) is 0 Å². The van der Waals surface area contributed by atoms with Crippen LogP contribution >= 0.6 is 0 Å². The third-order valence-corrected chi connectivity index (χ3v) is 3.93. The molecule has 0 aromatic carbocycles. The standard InChI is InChI=1S/C11H18O3/c1-8-2-4-11(6-8,10(12)13)9-3-5-14-7-9/h8-9H,2-7H2,1H3,(H,12,13). The molecule has 0 spiro atoms. The minimum atomic E-state index is -0.600. The summed E-state index contributed by atoms with van der Waals surface area (Å²) in [6, 6.07) is 0. The maximum absolute atomic E-state index is 11.4. The number of aliphatic carboxylic acids is 1. The predicted octanol–water partition coefficient (Wildman–Crippen LogP) is 1.91. The Balaban J connectivity index is 2.17. The maximum atomic E-state index is 11.4. The van der Waals surface area contributed by atoms with Crippen LogP contribution in [0.25, 0.3) is 0 Å². The Hall–Kier alpha value is -0.570. The predicted molar refractivity (Wildman–Crippen MR) is 52.0 cm³/mol. The molecular formula is C11H18O3. The molecule has 3 unspecified atom stereocenters. The molecule has 2 fully saturated rings. The smallest absolute Gasteiger partial charge is 0.310 e. The number of carboxylic acids is 1. The van der Waals surface area contributed by atoms with Gasteiger partial charge in [0.05, 0.1) is 12.0 Å². The van der Waals surface area contributed by atoms with Gasteiger partial charge in [0.15, 0.2) is 0 Å². The molecule has 1 N–H and O–H groups in total. The van der Waals surface area contributed by atoms with E-state index in [1.54, 1.807) is 0 Å². The zero-order valence-corrected chi connectivity index (χ0v) is 8.66. The normalized spacial score (nSPS) is 42.9. The second-order valence-electron chi connectivity index (χ2n) is 4.87. The van der Waals surface area contributed by atoms with Crippen LogP contribution in [0.2, 0.25) is 0 Å². The molecule has 0 bridgehead atoms. The summed E-state index contributed by atoms with van der Waals surface area (Å²) in [7, 11) is 0. The summed E-state index contributed by atoms with van der Waals surface area (Å²) >= 11 is 0. The molecule has 1 heterocycles. The lowest BCUT2D eigenvalue weighted by molar-refractivity contribution is -0.152. The van der Waals surface area contributed by atoms with Crippen LogP contribution in [0.1, 0.15) is 32.6 Å². The quantitative estimate of drug-likeness (QED) is 0.737. The van der Waals surface area contributed by atoms with Gasteiger partial charge in [-0.1, -0.05) is 6.92 Å². The van der Waals surface area contributed by atoms with Crippen LogP contribution in [0.15, 0.2) is 0 Å². The van der Waals surface area contributed by atoms with E-state index in [0.717, 1.165) is 32.3 Å². The van der Waals surface area contributed by atoms with Crippen molar-refractivity contribution in [2.75, 3.05) is 13.2 Å². The van der Waals surface area contributed by atoms with Crippen LogP contribution in [0, 0.1) is 17.3 Å². The lowest BCUT2D eigenvalue weighted by Crippen LogP contribution is -2.36. The van der Waals surface area contributed by atoms with Gasteiger partial charge in [0, 0.05) is 12.5 Å². The molecule has 2 rings (SSSR count). The van der Waals surface area contributed by atoms with Crippen molar-refractivity contribution >= 4 is 5.97 Å². The van der Waals surface area contributed by atoms with Gasteiger partial charge in [-0.15, -0.1) is 0 Å². The Labute approximate surface area is 84.4 Å². The summed E-state index contributed by atoms with van der Waals surface area (Å²) in [4.78, 5) is 11.4. The first-order chi connectivity index (χ1) is 6.65. The van der Waals surface area contributed by atoms with Gasteiger partial charge >= 0.3 is 5.97 Å². The zero-order valence-electron chi connectivity index (χ0n) is 8.66. The van der Waals surface area contributed by atoms with E-state index < -0.39 is 11.4 Å². The van der Waals surface area contributed by atoms with Gasteiger partial charge in [-0.05, 0) is 31.6 Å². The minimum Gasteiger partial charge on any atom is -0.481 e. The highest BCUT2D eigenvalue weighted by atomic mass is 16.5. The number of carboxylic acid groups (broad SMARTS) is 1. The molecule has 3 atom stereocenters. The summed E-state index contributed by atoms with van der Waals surface area (Å²) in [5, 5.41) is 9.39. The number of rotatable bonds is 2. The van der Waals surface area contributed by atoms with E-state index in [2.05, 4.69) is 6.92 Å².